The molecule has 0 unspecified atom stereocenters. The van der Waals surface area contributed by atoms with Crippen molar-refractivity contribution >= 4 is 17.8 Å². The standard InChI is InChI=1S/C11H7NO5.C6H4/c1-2-7-5-6-16-10(7)11(15)17-12-8(13)3-4-9(12)14;1-2-5-4-6(5)3-1/h1,5-6H,3-4H2;1-4H. The van der Waals surface area contributed by atoms with E-state index in [0.717, 1.165) is 0 Å². The van der Waals surface area contributed by atoms with Gasteiger partial charge in [0.25, 0.3) is 11.8 Å². The molecular formula is C17H11NO5. The first-order chi connectivity index (χ1) is 11.1. The minimum atomic E-state index is -0.966. The molecule has 0 saturated carbocycles. The second-order valence-corrected chi connectivity index (χ2v) is 4.85. The van der Waals surface area contributed by atoms with Crippen molar-refractivity contribution < 1.29 is 23.6 Å². The number of imide groups is 1. The van der Waals surface area contributed by atoms with Gasteiger partial charge in [-0.2, -0.15) is 0 Å². The maximum Gasteiger partial charge on any atom is 0.400 e. The minimum absolute atomic E-state index is 0.0340. The molecule has 3 aliphatic rings. The van der Waals surface area contributed by atoms with E-state index in [2.05, 4.69) is 35.0 Å². The number of fused-ring (bicyclic) bond motifs is 1. The number of terminal acetylenes is 1. The predicted octanol–water partition coefficient (Wildman–Crippen LogP) is 2.15. The highest BCUT2D eigenvalue weighted by molar-refractivity contribution is 6.02. The third-order valence-corrected chi connectivity index (χ3v) is 3.30. The quantitative estimate of drug-likeness (QED) is 0.535. The highest BCUT2D eigenvalue weighted by atomic mass is 16.7. The summed E-state index contributed by atoms with van der Waals surface area (Å²) in [6.45, 7) is 0. The molecule has 6 heteroatoms. The number of nitrogens with zero attached hydrogens (tertiary/aromatic N) is 1. The highest BCUT2D eigenvalue weighted by Crippen LogP contribution is 2.32. The number of carbonyl (C=O) groups is 3. The summed E-state index contributed by atoms with van der Waals surface area (Å²) >= 11 is 0. The number of carbonyl (C=O) groups excluding carboxylic acids is 3. The van der Waals surface area contributed by atoms with Gasteiger partial charge in [-0.25, -0.2) is 4.79 Å². The Labute approximate surface area is 131 Å². The summed E-state index contributed by atoms with van der Waals surface area (Å²) < 4.78 is 4.83. The van der Waals surface area contributed by atoms with E-state index >= 15 is 0 Å². The molecule has 1 saturated heterocycles. The van der Waals surface area contributed by atoms with Gasteiger partial charge < -0.3 is 9.25 Å². The first-order valence-corrected chi connectivity index (χ1v) is 6.83. The summed E-state index contributed by atoms with van der Waals surface area (Å²) in [7, 11) is 0. The van der Waals surface area contributed by atoms with Crippen LogP contribution in [0.1, 0.15) is 29.0 Å². The lowest BCUT2D eigenvalue weighted by molar-refractivity contribution is -0.173. The van der Waals surface area contributed by atoms with Crippen LogP contribution in [-0.4, -0.2) is 22.8 Å². The number of amides is 2. The predicted molar refractivity (Wildman–Crippen MR) is 78.6 cm³/mol. The lowest BCUT2D eigenvalue weighted by Gasteiger charge is -2.11. The maximum atomic E-state index is 11.6. The zero-order valence-electron chi connectivity index (χ0n) is 11.9. The van der Waals surface area contributed by atoms with Gasteiger partial charge in [0.15, 0.2) is 0 Å². The molecule has 23 heavy (non-hydrogen) atoms. The van der Waals surface area contributed by atoms with Gasteiger partial charge >= 0.3 is 5.97 Å². The Kier molecular flexibility index (Phi) is 3.69. The topological polar surface area (TPSA) is 76.8 Å². The Hall–Kier alpha value is -3.33. The van der Waals surface area contributed by atoms with Crippen LogP contribution in [0.5, 0.6) is 0 Å². The molecule has 2 heterocycles. The first-order valence-electron chi connectivity index (χ1n) is 6.83. The normalized spacial score (nSPS) is 14.0. The molecule has 0 spiro atoms. The van der Waals surface area contributed by atoms with Crippen LogP contribution in [0.25, 0.3) is 11.1 Å². The Morgan fingerprint density at radius 1 is 1.17 bits per heavy atom. The molecule has 0 radical (unpaired) electrons. The van der Waals surface area contributed by atoms with E-state index < -0.39 is 17.8 Å². The molecule has 2 aliphatic carbocycles. The third kappa shape index (κ3) is 2.99. The Balaban J connectivity index is 0.000000213. The average Bonchev–Trinajstić information content (AvgIpc) is 2.94. The van der Waals surface area contributed by atoms with Gasteiger partial charge in [-0.15, -0.1) is 11.5 Å². The van der Waals surface area contributed by atoms with Crippen molar-refractivity contribution in [3.8, 4) is 23.5 Å². The van der Waals surface area contributed by atoms with Gasteiger partial charge in [0, 0.05) is 12.8 Å². The van der Waals surface area contributed by atoms with Crippen LogP contribution >= 0.6 is 0 Å². The minimum Gasteiger partial charge on any atom is -0.456 e. The van der Waals surface area contributed by atoms with Crippen molar-refractivity contribution in [1.29, 1.82) is 0 Å². The molecule has 114 valence electrons. The number of rotatable bonds is 2. The van der Waals surface area contributed by atoms with Crippen molar-refractivity contribution in [2.75, 3.05) is 0 Å². The Morgan fingerprint density at radius 2 is 1.83 bits per heavy atom. The Morgan fingerprint density at radius 3 is 2.30 bits per heavy atom. The largest absolute Gasteiger partial charge is 0.456 e. The molecule has 1 aromatic heterocycles. The zero-order chi connectivity index (χ0) is 16.4. The molecule has 0 atom stereocenters. The highest BCUT2D eigenvalue weighted by Gasteiger charge is 2.34. The van der Waals surface area contributed by atoms with Crippen molar-refractivity contribution in [2.24, 2.45) is 0 Å². The monoisotopic (exact) mass is 309 g/mol. The number of furan rings is 1. The Bertz CT molecular complexity index is 809. The first kappa shape index (κ1) is 14.6. The molecule has 1 fully saturated rings. The summed E-state index contributed by atoms with van der Waals surface area (Å²) in [6.07, 6.45) is 6.42. The second-order valence-electron chi connectivity index (χ2n) is 4.85. The van der Waals surface area contributed by atoms with Crippen LogP contribution in [0.3, 0.4) is 0 Å². The number of hydrogen-bond acceptors (Lipinski definition) is 5. The van der Waals surface area contributed by atoms with E-state index in [1.807, 2.05) is 0 Å². The summed E-state index contributed by atoms with van der Waals surface area (Å²) in [6, 6.07) is 9.89. The van der Waals surface area contributed by atoms with Crippen LogP contribution in [-0.2, 0) is 14.4 Å². The van der Waals surface area contributed by atoms with Gasteiger partial charge in [-0.3, -0.25) is 9.59 Å². The van der Waals surface area contributed by atoms with Crippen LogP contribution in [0.15, 0.2) is 41.0 Å². The summed E-state index contributed by atoms with van der Waals surface area (Å²) in [5.74, 6) is -0.0700. The molecule has 4 rings (SSSR count). The molecular weight excluding hydrogens is 298 g/mol. The van der Waals surface area contributed by atoms with Gasteiger partial charge in [-0.1, -0.05) is 24.1 Å². The van der Waals surface area contributed by atoms with Crippen molar-refractivity contribution in [3.05, 3.63) is 47.9 Å². The smallest absolute Gasteiger partial charge is 0.400 e. The van der Waals surface area contributed by atoms with E-state index in [1.165, 1.54) is 23.5 Å². The van der Waals surface area contributed by atoms with E-state index in [-0.39, 0.29) is 24.2 Å². The zero-order valence-corrected chi connectivity index (χ0v) is 11.9. The molecule has 1 aliphatic heterocycles. The van der Waals surface area contributed by atoms with Crippen LogP contribution < -0.4 is 0 Å². The van der Waals surface area contributed by atoms with Crippen LogP contribution in [0.2, 0.25) is 0 Å². The fourth-order valence-corrected chi connectivity index (χ4v) is 2.04. The van der Waals surface area contributed by atoms with Gasteiger partial charge in [-0.05, 0) is 23.3 Å². The van der Waals surface area contributed by atoms with Crippen molar-refractivity contribution in [3.63, 3.8) is 0 Å². The molecule has 2 amide bonds. The number of benzene rings is 1. The lowest BCUT2D eigenvalue weighted by Crippen LogP contribution is -2.32. The van der Waals surface area contributed by atoms with Gasteiger partial charge in [0.05, 0.1) is 11.8 Å². The number of hydroxylamine groups is 2. The fourth-order valence-electron chi connectivity index (χ4n) is 2.04. The molecule has 1 aromatic rings. The van der Waals surface area contributed by atoms with E-state index in [0.29, 0.717) is 5.06 Å². The molecule has 0 aromatic carbocycles. The van der Waals surface area contributed by atoms with Crippen LogP contribution in [0.4, 0.5) is 0 Å². The van der Waals surface area contributed by atoms with Crippen molar-refractivity contribution in [2.45, 2.75) is 12.8 Å². The number of hydrogen-bond donors (Lipinski definition) is 0. The lowest BCUT2D eigenvalue weighted by atomic mass is 10.3. The molecule has 0 N–H and O–H groups in total. The SMILES string of the molecule is C#Cc1ccoc1C(=O)ON1C(=O)CCC1=O.c1cc2cc-2c1. The second kappa shape index (κ2) is 5.81. The molecule has 0 bridgehead atoms. The van der Waals surface area contributed by atoms with E-state index in [1.54, 1.807) is 0 Å². The van der Waals surface area contributed by atoms with Crippen LogP contribution in [0, 0.1) is 12.3 Å². The van der Waals surface area contributed by atoms with E-state index in [9.17, 15) is 14.4 Å². The fraction of sp³-hybridized carbons (Fsp3) is 0.118. The van der Waals surface area contributed by atoms with Gasteiger partial charge in [0.1, 0.15) is 0 Å². The van der Waals surface area contributed by atoms with Crippen molar-refractivity contribution in [1.82, 2.24) is 5.06 Å². The summed E-state index contributed by atoms with van der Waals surface area (Å²) in [4.78, 5) is 38.6. The van der Waals surface area contributed by atoms with E-state index in [4.69, 9.17) is 10.8 Å². The summed E-state index contributed by atoms with van der Waals surface area (Å²) in [5.41, 5.74) is 3.05. The average molecular weight is 309 g/mol. The molecule has 6 nitrogen and oxygen atoms in total. The maximum absolute atomic E-state index is 11.6. The summed E-state index contributed by atoms with van der Waals surface area (Å²) in [5, 5.41) is 0.436. The third-order valence-electron chi connectivity index (χ3n) is 3.30. The van der Waals surface area contributed by atoms with Gasteiger partial charge in [0.2, 0.25) is 5.76 Å².